The Balaban J connectivity index is 0.0000001000. The van der Waals surface area contributed by atoms with Crippen LogP contribution in [0.3, 0.4) is 0 Å². The van der Waals surface area contributed by atoms with Gasteiger partial charge in [0.2, 0.25) is 0 Å². The molecule has 0 spiro atoms. The van der Waals surface area contributed by atoms with Crippen molar-refractivity contribution >= 4 is 0 Å². The van der Waals surface area contributed by atoms with Crippen LogP contribution in [0.4, 0.5) is 0 Å². The number of hydrogen-bond acceptors (Lipinski definition) is 2. The van der Waals surface area contributed by atoms with Crippen molar-refractivity contribution < 1.29 is 4.74 Å². The molecular weight excluding hydrogens is 126 g/mol. The SMILES string of the molecule is C1CCOC1.NC1CCC1. The summed E-state index contributed by atoms with van der Waals surface area (Å²) in [5.41, 5.74) is 5.38. The number of hydrogen-bond donors (Lipinski definition) is 1. The molecule has 0 aromatic carbocycles. The summed E-state index contributed by atoms with van der Waals surface area (Å²) in [6, 6.07) is 0.565. The van der Waals surface area contributed by atoms with E-state index in [1.807, 2.05) is 0 Å². The fraction of sp³-hybridized carbons (Fsp3) is 1.00. The van der Waals surface area contributed by atoms with Crippen LogP contribution in [-0.2, 0) is 4.74 Å². The van der Waals surface area contributed by atoms with Gasteiger partial charge < -0.3 is 10.5 Å². The first-order valence-corrected chi connectivity index (χ1v) is 4.23. The Hall–Kier alpha value is -0.0800. The lowest BCUT2D eigenvalue weighted by Crippen LogP contribution is -2.27. The number of nitrogens with two attached hydrogens (primary N) is 1. The monoisotopic (exact) mass is 143 g/mol. The minimum atomic E-state index is 0.565. The third-order valence-electron chi connectivity index (χ3n) is 1.98. The average molecular weight is 143 g/mol. The van der Waals surface area contributed by atoms with Crippen molar-refractivity contribution in [1.82, 2.24) is 0 Å². The van der Waals surface area contributed by atoms with E-state index in [1.165, 1.54) is 32.1 Å². The Labute approximate surface area is 62.7 Å². The summed E-state index contributed by atoms with van der Waals surface area (Å²) in [6.07, 6.45) is 6.45. The minimum Gasteiger partial charge on any atom is -0.381 e. The van der Waals surface area contributed by atoms with Gasteiger partial charge in [0.25, 0.3) is 0 Å². The minimum absolute atomic E-state index is 0.565. The van der Waals surface area contributed by atoms with Gasteiger partial charge in [0.05, 0.1) is 0 Å². The maximum Gasteiger partial charge on any atom is 0.0466 e. The van der Waals surface area contributed by atoms with E-state index in [0.29, 0.717) is 6.04 Å². The van der Waals surface area contributed by atoms with E-state index in [2.05, 4.69) is 0 Å². The molecule has 0 atom stereocenters. The molecule has 1 saturated heterocycles. The highest BCUT2D eigenvalue weighted by molar-refractivity contribution is 4.70. The maximum atomic E-state index is 5.38. The lowest BCUT2D eigenvalue weighted by Gasteiger charge is -2.18. The Morgan fingerprint density at radius 1 is 1.00 bits per heavy atom. The van der Waals surface area contributed by atoms with E-state index in [0.717, 1.165) is 13.2 Å². The molecule has 0 radical (unpaired) electrons. The summed E-state index contributed by atoms with van der Waals surface area (Å²) in [4.78, 5) is 0. The van der Waals surface area contributed by atoms with Crippen LogP contribution < -0.4 is 5.73 Å². The van der Waals surface area contributed by atoms with Gasteiger partial charge in [-0.1, -0.05) is 6.42 Å². The molecule has 0 aromatic heterocycles. The number of ether oxygens (including phenoxy) is 1. The fourth-order valence-electron chi connectivity index (χ4n) is 0.950. The smallest absolute Gasteiger partial charge is 0.0466 e. The van der Waals surface area contributed by atoms with Crippen LogP contribution in [0, 0.1) is 0 Å². The second-order valence-corrected chi connectivity index (χ2v) is 3.01. The predicted molar refractivity (Wildman–Crippen MR) is 41.9 cm³/mol. The van der Waals surface area contributed by atoms with Crippen molar-refractivity contribution in [2.24, 2.45) is 5.73 Å². The van der Waals surface area contributed by atoms with Crippen LogP contribution >= 0.6 is 0 Å². The lowest BCUT2D eigenvalue weighted by atomic mass is 9.95. The molecule has 2 nitrogen and oxygen atoms in total. The summed E-state index contributed by atoms with van der Waals surface area (Å²) < 4.78 is 4.94. The standard InChI is InChI=1S/C4H9N.C4H8O/c5-4-2-1-3-4;1-2-4-5-3-1/h4H,1-3,5H2;1-4H2. The van der Waals surface area contributed by atoms with Crippen LogP contribution in [0.5, 0.6) is 0 Å². The molecule has 2 rings (SSSR count). The van der Waals surface area contributed by atoms with Crippen molar-refractivity contribution in [3.63, 3.8) is 0 Å². The molecule has 1 aliphatic carbocycles. The quantitative estimate of drug-likeness (QED) is 0.554. The van der Waals surface area contributed by atoms with E-state index in [1.54, 1.807) is 0 Å². The van der Waals surface area contributed by atoms with Crippen LogP contribution in [-0.4, -0.2) is 19.3 Å². The molecule has 0 unspecified atom stereocenters. The summed E-state index contributed by atoms with van der Waals surface area (Å²) in [6.45, 7) is 2.00. The molecule has 2 aliphatic rings. The zero-order chi connectivity index (χ0) is 7.23. The molecule has 2 fully saturated rings. The molecular formula is C8H17NO. The highest BCUT2D eigenvalue weighted by Gasteiger charge is 2.09. The van der Waals surface area contributed by atoms with Gasteiger partial charge in [-0.05, 0) is 25.7 Å². The molecule has 0 amide bonds. The molecule has 2 heteroatoms. The molecule has 1 heterocycles. The van der Waals surface area contributed by atoms with Gasteiger partial charge in [0.1, 0.15) is 0 Å². The van der Waals surface area contributed by atoms with Gasteiger partial charge in [0, 0.05) is 19.3 Å². The second kappa shape index (κ2) is 4.69. The highest BCUT2D eigenvalue weighted by atomic mass is 16.5. The molecule has 60 valence electrons. The summed E-state index contributed by atoms with van der Waals surface area (Å²) in [5, 5.41) is 0. The van der Waals surface area contributed by atoms with Crippen molar-refractivity contribution in [2.45, 2.75) is 38.1 Å². The topological polar surface area (TPSA) is 35.2 Å². The van der Waals surface area contributed by atoms with Gasteiger partial charge in [0.15, 0.2) is 0 Å². The van der Waals surface area contributed by atoms with E-state index < -0.39 is 0 Å². The van der Waals surface area contributed by atoms with E-state index in [-0.39, 0.29) is 0 Å². The van der Waals surface area contributed by atoms with Gasteiger partial charge in [-0.25, -0.2) is 0 Å². The van der Waals surface area contributed by atoms with Crippen molar-refractivity contribution in [2.75, 3.05) is 13.2 Å². The maximum absolute atomic E-state index is 5.38. The van der Waals surface area contributed by atoms with E-state index in [4.69, 9.17) is 10.5 Å². The van der Waals surface area contributed by atoms with E-state index >= 15 is 0 Å². The normalized spacial score (nSPS) is 24.9. The molecule has 0 bridgehead atoms. The van der Waals surface area contributed by atoms with Crippen LogP contribution in [0.1, 0.15) is 32.1 Å². The summed E-state index contributed by atoms with van der Waals surface area (Å²) in [7, 11) is 0. The van der Waals surface area contributed by atoms with Gasteiger partial charge in [-0.3, -0.25) is 0 Å². The first-order valence-electron chi connectivity index (χ1n) is 4.23. The first-order chi connectivity index (χ1) is 4.89. The van der Waals surface area contributed by atoms with Gasteiger partial charge >= 0.3 is 0 Å². The molecule has 2 N–H and O–H groups in total. The average Bonchev–Trinajstić information content (AvgIpc) is 2.38. The molecule has 1 saturated carbocycles. The highest BCUT2D eigenvalue weighted by Crippen LogP contribution is 2.14. The Bertz CT molecular complexity index is 69.7. The Kier molecular flexibility index (Phi) is 3.76. The van der Waals surface area contributed by atoms with E-state index in [9.17, 15) is 0 Å². The molecule has 1 aliphatic heterocycles. The Morgan fingerprint density at radius 3 is 1.60 bits per heavy atom. The second-order valence-electron chi connectivity index (χ2n) is 3.01. The predicted octanol–water partition coefficient (Wildman–Crippen LogP) is 1.29. The summed E-state index contributed by atoms with van der Waals surface area (Å²) in [5.74, 6) is 0. The van der Waals surface area contributed by atoms with Crippen LogP contribution in [0.15, 0.2) is 0 Å². The lowest BCUT2D eigenvalue weighted by molar-refractivity contribution is 0.198. The fourth-order valence-corrected chi connectivity index (χ4v) is 0.950. The van der Waals surface area contributed by atoms with Crippen molar-refractivity contribution in [1.29, 1.82) is 0 Å². The molecule has 0 aromatic rings. The zero-order valence-corrected chi connectivity index (χ0v) is 6.51. The third-order valence-corrected chi connectivity index (χ3v) is 1.98. The largest absolute Gasteiger partial charge is 0.381 e. The van der Waals surface area contributed by atoms with Gasteiger partial charge in [-0.15, -0.1) is 0 Å². The first kappa shape index (κ1) is 8.02. The van der Waals surface area contributed by atoms with Crippen LogP contribution in [0.2, 0.25) is 0 Å². The van der Waals surface area contributed by atoms with Crippen molar-refractivity contribution in [3.8, 4) is 0 Å². The third kappa shape index (κ3) is 3.18. The Morgan fingerprint density at radius 2 is 1.50 bits per heavy atom. The molecule has 10 heavy (non-hydrogen) atoms. The van der Waals surface area contributed by atoms with Crippen LogP contribution in [0.25, 0.3) is 0 Å². The zero-order valence-electron chi connectivity index (χ0n) is 6.51. The van der Waals surface area contributed by atoms with Crippen molar-refractivity contribution in [3.05, 3.63) is 0 Å². The van der Waals surface area contributed by atoms with Gasteiger partial charge in [-0.2, -0.15) is 0 Å². The summed E-state index contributed by atoms with van der Waals surface area (Å²) >= 11 is 0. The number of rotatable bonds is 0.